The second-order valence-electron chi connectivity index (χ2n) is 5.51. The number of hydrogen-bond acceptors (Lipinski definition) is 4. The first kappa shape index (κ1) is 16.0. The fourth-order valence-corrected chi connectivity index (χ4v) is 1.64. The molecule has 0 amide bonds. The van der Waals surface area contributed by atoms with Crippen molar-refractivity contribution >= 4 is 11.8 Å². The summed E-state index contributed by atoms with van der Waals surface area (Å²) in [6, 6.07) is 5.54. The van der Waals surface area contributed by atoms with Crippen molar-refractivity contribution in [3.8, 4) is 6.07 Å². The van der Waals surface area contributed by atoms with Crippen LogP contribution in [-0.2, 0) is 9.53 Å². The molecule has 5 heteroatoms. The first-order valence-electron chi connectivity index (χ1n) is 6.56. The van der Waals surface area contributed by atoms with Crippen LogP contribution in [0.1, 0.15) is 62.8 Å². The van der Waals surface area contributed by atoms with Crippen molar-refractivity contribution in [1.82, 2.24) is 4.98 Å². The number of Topliss-reactive ketones (excluding diaryl/α,β-unsaturated/α-hetero) is 1. The van der Waals surface area contributed by atoms with Crippen LogP contribution in [0.15, 0.2) is 12.1 Å². The lowest BCUT2D eigenvalue weighted by Gasteiger charge is -2.16. The highest BCUT2D eigenvalue weighted by atomic mass is 16.5. The van der Waals surface area contributed by atoms with E-state index in [1.165, 1.54) is 6.92 Å². The minimum atomic E-state index is -0.531. The number of H-pyrrole nitrogens is 1. The maximum atomic E-state index is 11.7. The number of carbonyl (C=O) groups is 2. The highest BCUT2D eigenvalue weighted by Crippen LogP contribution is 2.23. The quantitative estimate of drug-likeness (QED) is 0.639. The average molecular weight is 276 g/mol. The van der Waals surface area contributed by atoms with Crippen LogP contribution < -0.4 is 0 Å². The van der Waals surface area contributed by atoms with Crippen molar-refractivity contribution in [2.24, 2.45) is 5.41 Å². The second-order valence-corrected chi connectivity index (χ2v) is 5.51. The Morgan fingerprint density at radius 2 is 2.10 bits per heavy atom. The molecule has 0 aliphatic heterocycles. The number of nitrogens with zero attached hydrogens (tertiary/aromatic N) is 1. The van der Waals surface area contributed by atoms with Crippen LogP contribution in [0.4, 0.5) is 0 Å². The van der Waals surface area contributed by atoms with Crippen LogP contribution in [0.25, 0.3) is 0 Å². The first-order valence-corrected chi connectivity index (χ1v) is 6.56. The van der Waals surface area contributed by atoms with Gasteiger partial charge in [0.1, 0.15) is 6.10 Å². The summed E-state index contributed by atoms with van der Waals surface area (Å²) >= 11 is 0. The number of esters is 1. The molecule has 0 aromatic carbocycles. The molecular formula is C15H20N2O3. The standard InChI is InChI=1S/C15H20N2O3/c1-10(18)12-5-6-13(17-12)11(2)20-14(19)7-8-15(3,4)9-16/h5-6,11,17H,7-8H2,1-4H3. The van der Waals surface area contributed by atoms with Gasteiger partial charge in [-0.25, -0.2) is 0 Å². The van der Waals surface area contributed by atoms with Gasteiger partial charge in [-0.3, -0.25) is 9.59 Å². The van der Waals surface area contributed by atoms with Gasteiger partial charge in [0.2, 0.25) is 0 Å². The highest BCUT2D eigenvalue weighted by molar-refractivity contribution is 5.92. The molecule has 0 saturated heterocycles. The van der Waals surface area contributed by atoms with Crippen LogP contribution in [0.5, 0.6) is 0 Å². The zero-order valence-corrected chi connectivity index (χ0v) is 12.3. The number of hydrogen-bond donors (Lipinski definition) is 1. The minimum absolute atomic E-state index is 0.0643. The molecule has 0 aliphatic rings. The van der Waals surface area contributed by atoms with Gasteiger partial charge >= 0.3 is 5.97 Å². The lowest BCUT2D eigenvalue weighted by atomic mass is 9.90. The van der Waals surface area contributed by atoms with Crippen LogP contribution in [-0.4, -0.2) is 16.7 Å². The fourth-order valence-electron chi connectivity index (χ4n) is 1.64. The smallest absolute Gasteiger partial charge is 0.306 e. The van der Waals surface area contributed by atoms with Gasteiger partial charge in [-0.2, -0.15) is 5.26 Å². The van der Waals surface area contributed by atoms with E-state index < -0.39 is 11.5 Å². The van der Waals surface area contributed by atoms with Gasteiger partial charge in [0, 0.05) is 13.3 Å². The van der Waals surface area contributed by atoms with Crippen molar-refractivity contribution in [2.75, 3.05) is 0 Å². The number of nitriles is 1. The lowest BCUT2D eigenvalue weighted by Crippen LogP contribution is -2.14. The third-order valence-electron chi connectivity index (χ3n) is 3.09. The molecule has 0 aliphatic carbocycles. The molecule has 1 aromatic rings. The summed E-state index contributed by atoms with van der Waals surface area (Å²) in [5, 5.41) is 8.88. The summed E-state index contributed by atoms with van der Waals surface area (Å²) in [7, 11) is 0. The number of aromatic nitrogens is 1. The topological polar surface area (TPSA) is 82.9 Å². The number of rotatable bonds is 6. The first-order chi connectivity index (χ1) is 9.25. The molecule has 1 heterocycles. The van der Waals surface area contributed by atoms with Gasteiger partial charge in [-0.05, 0) is 39.3 Å². The van der Waals surface area contributed by atoms with E-state index in [-0.39, 0.29) is 18.2 Å². The molecule has 0 fully saturated rings. The Morgan fingerprint density at radius 3 is 2.60 bits per heavy atom. The summed E-state index contributed by atoms with van der Waals surface area (Å²) in [5.41, 5.74) is 0.646. The maximum Gasteiger partial charge on any atom is 0.306 e. The van der Waals surface area contributed by atoms with Crippen molar-refractivity contribution in [3.05, 3.63) is 23.5 Å². The van der Waals surface area contributed by atoms with E-state index in [9.17, 15) is 9.59 Å². The summed E-state index contributed by atoms with van der Waals surface area (Å²) in [4.78, 5) is 25.8. The molecule has 1 N–H and O–H groups in total. The number of carbonyl (C=O) groups excluding carboxylic acids is 2. The monoisotopic (exact) mass is 276 g/mol. The molecule has 1 rings (SSSR count). The predicted molar refractivity (Wildman–Crippen MR) is 73.9 cm³/mol. The van der Waals surface area contributed by atoms with Gasteiger partial charge in [0.05, 0.1) is 22.9 Å². The van der Waals surface area contributed by atoms with Crippen molar-refractivity contribution in [1.29, 1.82) is 5.26 Å². The Labute approximate surface area is 118 Å². The largest absolute Gasteiger partial charge is 0.456 e. The second kappa shape index (κ2) is 6.38. The highest BCUT2D eigenvalue weighted by Gasteiger charge is 2.20. The van der Waals surface area contributed by atoms with Gasteiger partial charge in [-0.1, -0.05) is 0 Å². The molecule has 5 nitrogen and oxygen atoms in total. The summed E-state index contributed by atoms with van der Waals surface area (Å²) in [5.74, 6) is -0.412. The third kappa shape index (κ3) is 4.54. The average Bonchev–Trinajstić information content (AvgIpc) is 2.86. The Hall–Kier alpha value is -2.09. The van der Waals surface area contributed by atoms with E-state index in [0.29, 0.717) is 17.8 Å². The number of ketones is 1. The predicted octanol–water partition coefficient (Wildman–Crippen LogP) is 3.15. The molecule has 20 heavy (non-hydrogen) atoms. The van der Waals surface area contributed by atoms with Gasteiger partial charge in [0.15, 0.2) is 5.78 Å². The van der Waals surface area contributed by atoms with E-state index in [0.717, 1.165) is 0 Å². The molecular weight excluding hydrogens is 256 g/mol. The van der Waals surface area contributed by atoms with E-state index in [2.05, 4.69) is 11.1 Å². The third-order valence-corrected chi connectivity index (χ3v) is 3.09. The molecule has 1 aromatic heterocycles. The minimum Gasteiger partial charge on any atom is -0.456 e. The number of nitrogens with one attached hydrogen (secondary N) is 1. The zero-order chi connectivity index (χ0) is 15.3. The van der Waals surface area contributed by atoms with Crippen molar-refractivity contribution in [3.63, 3.8) is 0 Å². The van der Waals surface area contributed by atoms with E-state index >= 15 is 0 Å². The Kier molecular flexibility index (Phi) is 5.09. The van der Waals surface area contributed by atoms with Crippen LogP contribution >= 0.6 is 0 Å². The summed E-state index contributed by atoms with van der Waals surface area (Å²) < 4.78 is 5.28. The van der Waals surface area contributed by atoms with E-state index in [1.54, 1.807) is 32.9 Å². The Bertz CT molecular complexity index is 538. The lowest BCUT2D eigenvalue weighted by molar-refractivity contribution is -0.149. The fraction of sp³-hybridized carbons (Fsp3) is 0.533. The summed E-state index contributed by atoms with van der Waals surface area (Å²) in [6.07, 6.45) is 0.213. The van der Waals surface area contributed by atoms with Crippen molar-refractivity contribution in [2.45, 2.75) is 46.6 Å². The van der Waals surface area contributed by atoms with Crippen molar-refractivity contribution < 1.29 is 14.3 Å². The molecule has 0 radical (unpaired) electrons. The van der Waals surface area contributed by atoms with E-state index in [4.69, 9.17) is 10.00 Å². The van der Waals surface area contributed by atoms with Crippen LogP contribution in [0.3, 0.4) is 0 Å². The van der Waals surface area contributed by atoms with Crippen LogP contribution in [0, 0.1) is 16.7 Å². The maximum absolute atomic E-state index is 11.7. The molecule has 1 atom stereocenters. The normalized spacial score (nSPS) is 12.6. The van der Waals surface area contributed by atoms with Gasteiger partial charge in [-0.15, -0.1) is 0 Å². The zero-order valence-electron chi connectivity index (χ0n) is 12.3. The van der Waals surface area contributed by atoms with Gasteiger partial charge in [0.25, 0.3) is 0 Å². The molecule has 0 spiro atoms. The molecule has 0 saturated carbocycles. The van der Waals surface area contributed by atoms with Crippen LogP contribution in [0.2, 0.25) is 0 Å². The molecule has 0 bridgehead atoms. The summed E-state index contributed by atoms with van der Waals surface area (Å²) in [6.45, 7) is 6.78. The SMILES string of the molecule is CC(=O)c1ccc(C(C)OC(=O)CCC(C)(C)C#N)[nH]1. The van der Waals surface area contributed by atoms with E-state index in [1.807, 2.05) is 0 Å². The molecule has 1 unspecified atom stereocenters. The number of ether oxygens (including phenoxy) is 1. The number of aromatic amines is 1. The molecule has 108 valence electrons. The van der Waals surface area contributed by atoms with Gasteiger partial charge < -0.3 is 9.72 Å². The Balaban J connectivity index is 2.53. The Morgan fingerprint density at radius 1 is 1.45 bits per heavy atom.